The second-order valence-electron chi connectivity index (χ2n) is 6.97. The molecule has 0 aliphatic carbocycles. The summed E-state index contributed by atoms with van der Waals surface area (Å²) in [6.07, 6.45) is 1.37. The van der Waals surface area contributed by atoms with Crippen LogP contribution in [-0.2, 0) is 6.54 Å². The van der Waals surface area contributed by atoms with Gasteiger partial charge in [0, 0.05) is 18.7 Å². The lowest BCUT2D eigenvalue weighted by atomic mass is 10.1. The molecule has 0 fully saturated rings. The third-order valence-corrected chi connectivity index (χ3v) is 5.08. The molecule has 2 aromatic carbocycles. The van der Waals surface area contributed by atoms with Crippen LogP contribution in [0.1, 0.15) is 55.8 Å². The van der Waals surface area contributed by atoms with E-state index in [-0.39, 0.29) is 23.3 Å². The molecule has 3 rings (SSSR count). The summed E-state index contributed by atoms with van der Waals surface area (Å²) in [4.78, 5) is 32.8. The molecule has 0 saturated heterocycles. The van der Waals surface area contributed by atoms with Crippen molar-refractivity contribution in [3.05, 3.63) is 76.1 Å². The zero-order valence-electron chi connectivity index (χ0n) is 17.1. The van der Waals surface area contributed by atoms with Crippen LogP contribution in [0.4, 0.5) is 4.39 Å². The maximum Gasteiger partial charge on any atom is 0.261 e. The first-order valence-electron chi connectivity index (χ1n) is 10.1. The number of nitrogens with zero attached hydrogens (tertiary/aromatic N) is 3. The Morgan fingerprint density at radius 1 is 1.10 bits per heavy atom. The molecule has 1 heterocycles. The number of halogens is 1. The fraction of sp³-hybridized carbons (Fsp3) is 0.348. The Hall–Kier alpha value is -3.02. The molecular weight excluding hydrogens is 369 g/mol. The molecule has 152 valence electrons. The Morgan fingerprint density at radius 3 is 2.41 bits per heavy atom. The minimum atomic E-state index is -0.383. The molecule has 1 unspecified atom stereocenters. The fourth-order valence-corrected chi connectivity index (χ4v) is 3.69. The molecule has 6 heteroatoms. The van der Waals surface area contributed by atoms with Gasteiger partial charge >= 0.3 is 0 Å². The van der Waals surface area contributed by atoms with Crippen LogP contribution in [0.15, 0.2) is 53.3 Å². The van der Waals surface area contributed by atoms with Crippen molar-refractivity contribution in [3.8, 4) is 0 Å². The lowest BCUT2D eigenvalue weighted by molar-refractivity contribution is 0.0656. The summed E-state index contributed by atoms with van der Waals surface area (Å²) in [5.74, 6) is 0.0121. The molecule has 0 saturated carbocycles. The molecule has 0 bridgehead atoms. The van der Waals surface area contributed by atoms with Gasteiger partial charge in [0.1, 0.15) is 11.6 Å². The first-order valence-corrected chi connectivity index (χ1v) is 10.1. The van der Waals surface area contributed by atoms with Crippen LogP contribution in [0.25, 0.3) is 10.9 Å². The Kier molecular flexibility index (Phi) is 6.42. The number of rotatable bonds is 7. The van der Waals surface area contributed by atoms with E-state index in [2.05, 4.69) is 0 Å². The van der Waals surface area contributed by atoms with Gasteiger partial charge in [-0.3, -0.25) is 14.2 Å². The van der Waals surface area contributed by atoms with E-state index in [1.54, 1.807) is 15.5 Å². The number of aromatic nitrogens is 2. The smallest absolute Gasteiger partial charge is 0.261 e. The molecule has 29 heavy (non-hydrogen) atoms. The van der Waals surface area contributed by atoms with Crippen LogP contribution in [0.2, 0.25) is 0 Å². The van der Waals surface area contributed by atoms with E-state index in [0.717, 1.165) is 6.42 Å². The largest absolute Gasteiger partial charge is 0.328 e. The third-order valence-electron chi connectivity index (χ3n) is 5.08. The number of hydrogen-bond acceptors (Lipinski definition) is 3. The van der Waals surface area contributed by atoms with Gasteiger partial charge in [0.25, 0.3) is 11.5 Å². The number of carbonyl (C=O) groups is 1. The third kappa shape index (κ3) is 4.06. The number of para-hydroxylation sites is 1. The van der Waals surface area contributed by atoms with Gasteiger partial charge in [-0.15, -0.1) is 0 Å². The molecule has 0 aliphatic rings. The Morgan fingerprint density at radius 2 is 1.79 bits per heavy atom. The Balaban J connectivity index is 2.13. The lowest BCUT2D eigenvalue weighted by Gasteiger charge is -2.32. The molecule has 5 nitrogen and oxygen atoms in total. The van der Waals surface area contributed by atoms with Crippen molar-refractivity contribution in [2.45, 2.75) is 46.2 Å². The summed E-state index contributed by atoms with van der Waals surface area (Å²) < 4.78 is 15.0. The summed E-state index contributed by atoms with van der Waals surface area (Å²) in [6.45, 7) is 6.86. The quantitative estimate of drug-likeness (QED) is 0.589. The summed E-state index contributed by atoms with van der Waals surface area (Å²) >= 11 is 0. The summed E-state index contributed by atoms with van der Waals surface area (Å²) in [5.41, 5.74) is 0.947. The average molecular weight is 395 g/mol. The zero-order valence-corrected chi connectivity index (χ0v) is 17.1. The molecule has 0 N–H and O–H groups in total. The molecule has 3 aromatic rings. The highest BCUT2D eigenvalue weighted by Gasteiger charge is 2.28. The predicted molar refractivity (Wildman–Crippen MR) is 112 cm³/mol. The Bertz CT molecular complexity index is 1060. The lowest BCUT2D eigenvalue weighted by Crippen LogP contribution is -2.39. The van der Waals surface area contributed by atoms with Crippen LogP contribution in [-0.4, -0.2) is 26.9 Å². The van der Waals surface area contributed by atoms with Gasteiger partial charge in [-0.1, -0.05) is 26.0 Å². The maximum atomic E-state index is 13.3. The van der Waals surface area contributed by atoms with Gasteiger partial charge in [0.2, 0.25) is 0 Å². The normalized spacial score (nSPS) is 12.1. The van der Waals surface area contributed by atoms with Gasteiger partial charge in [0.05, 0.1) is 16.9 Å². The van der Waals surface area contributed by atoms with E-state index in [0.29, 0.717) is 41.8 Å². The van der Waals surface area contributed by atoms with E-state index in [1.807, 2.05) is 39.0 Å². The molecule has 0 spiro atoms. The highest BCUT2D eigenvalue weighted by atomic mass is 19.1. The van der Waals surface area contributed by atoms with Crippen LogP contribution >= 0.6 is 0 Å². The van der Waals surface area contributed by atoms with Crippen molar-refractivity contribution in [2.75, 3.05) is 6.54 Å². The van der Waals surface area contributed by atoms with Crippen molar-refractivity contribution < 1.29 is 9.18 Å². The summed E-state index contributed by atoms with van der Waals surface area (Å²) in [5, 5.41) is 0.569. The van der Waals surface area contributed by atoms with E-state index in [4.69, 9.17) is 4.98 Å². The molecule has 1 aromatic heterocycles. The maximum absolute atomic E-state index is 13.3. The van der Waals surface area contributed by atoms with Crippen molar-refractivity contribution in [2.24, 2.45) is 0 Å². The molecule has 1 amide bonds. The van der Waals surface area contributed by atoms with Crippen molar-refractivity contribution >= 4 is 16.8 Å². The monoisotopic (exact) mass is 395 g/mol. The SMILES string of the molecule is CCCN(C(=O)c1ccc(F)cc1)C(CC)c1nc2ccccc2c(=O)n1CC. The minimum Gasteiger partial charge on any atom is -0.328 e. The first-order chi connectivity index (χ1) is 14.0. The topological polar surface area (TPSA) is 55.2 Å². The van der Waals surface area contributed by atoms with E-state index in [9.17, 15) is 14.0 Å². The number of carbonyl (C=O) groups excluding carboxylic acids is 1. The highest BCUT2D eigenvalue weighted by Crippen LogP contribution is 2.26. The van der Waals surface area contributed by atoms with E-state index < -0.39 is 0 Å². The number of benzene rings is 2. The summed E-state index contributed by atoms with van der Waals surface area (Å²) in [7, 11) is 0. The van der Waals surface area contributed by atoms with Gasteiger partial charge < -0.3 is 4.90 Å². The highest BCUT2D eigenvalue weighted by molar-refractivity contribution is 5.94. The van der Waals surface area contributed by atoms with Crippen molar-refractivity contribution in [1.29, 1.82) is 0 Å². The number of fused-ring (bicyclic) bond motifs is 1. The Labute approximate surface area is 169 Å². The minimum absolute atomic E-state index is 0.0998. The van der Waals surface area contributed by atoms with E-state index >= 15 is 0 Å². The molecule has 0 radical (unpaired) electrons. The van der Waals surface area contributed by atoms with Gasteiger partial charge in [-0.25, -0.2) is 9.37 Å². The standard InChI is InChI=1S/C23H26FN3O2/c1-4-15-27(22(28)16-11-13-17(24)14-12-16)20(5-2)21-25-19-10-8-7-9-18(19)23(29)26(21)6-3/h7-14,20H,4-6,15H2,1-3H3. The fourth-order valence-electron chi connectivity index (χ4n) is 3.69. The van der Waals surface area contributed by atoms with Crippen LogP contribution in [0.5, 0.6) is 0 Å². The van der Waals surface area contributed by atoms with Crippen molar-refractivity contribution in [3.63, 3.8) is 0 Å². The second-order valence-corrected chi connectivity index (χ2v) is 6.97. The predicted octanol–water partition coefficient (Wildman–Crippen LogP) is 4.56. The van der Waals surface area contributed by atoms with Gasteiger partial charge in [-0.05, 0) is 56.2 Å². The summed E-state index contributed by atoms with van der Waals surface area (Å²) in [6, 6.07) is 12.5. The van der Waals surface area contributed by atoms with Gasteiger partial charge in [-0.2, -0.15) is 0 Å². The molecule has 1 atom stereocenters. The zero-order chi connectivity index (χ0) is 21.0. The van der Waals surface area contributed by atoms with Crippen molar-refractivity contribution in [1.82, 2.24) is 14.5 Å². The molecular formula is C23H26FN3O2. The number of hydrogen-bond donors (Lipinski definition) is 0. The van der Waals surface area contributed by atoms with Gasteiger partial charge in [0.15, 0.2) is 0 Å². The van der Waals surface area contributed by atoms with Crippen LogP contribution < -0.4 is 5.56 Å². The molecule has 0 aliphatic heterocycles. The van der Waals surface area contributed by atoms with Crippen LogP contribution in [0, 0.1) is 5.82 Å². The number of amides is 1. The van der Waals surface area contributed by atoms with Crippen LogP contribution in [0.3, 0.4) is 0 Å². The van der Waals surface area contributed by atoms with E-state index in [1.165, 1.54) is 24.3 Å². The first kappa shape index (κ1) is 20.7. The average Bonchev–Trinajstić information content (AvgIpc) is 2.74. The second kappa shape index (κ2) is 8.99.